The molecule has 1 unspecified atom stereocenters. The maximum atomic E-state index is 13.6. The Balaban J connectivity index is 1.64. The van der Waals surface area contributed by atoms with Gasteiger partial charge in [0.1, 0.15) is 6.33 Å². The number of nitrogens with zero attached hydrogens (tertiary/aromatic N) is 3. The van der Waals surface area contributed by atoms with Gasteiger partial charge in [0.05, 0.1) is 5.41 Å². The predicted octanol–water partition coefficient (Wildman–Crippen LogP) is 4.58. The maximum Gasteiger partial charge on any atom is 0.228 e. The van der Waals surface area contributed by atoms with E-state index in [9.17, 15) is 4.79 Å². The summed E-state index contributed by atoms with van der Waals surface area (Å²) in [5.74, 6) is 0.107. The van der Waals surface area contributed by atoms with Crippen LogP contribution in [0.3, 0.4) is 0 Å². The Hall–Kier alpha value is -3.31. The summed E-state index contributed by atoms with van der Waals surface area (Å²) in [7, 11) is 0. The summed E-state index contributed by atoms with van der Waals surface area (Å²) in [5.41, 5.74) is 5.26. The normalized spacial score (nSPS) is 18.6. The lowest BCUT2D eigenvalue weighted by molar-refractivity contribution is -0.134. The molecule has 1 amide bonds. The quantitative estimate of drug-likeness (QED) is 0.521. The fourth-order valence-electron chi connectivity index (χ4n) is 4.95. The van der Waals surface area contributed by atoms with E-state index >= 15 is 0 Å². The summed E-state index contributed by atoms with van der Waals surface area (Å²) < 4.78 is 0. The van der Waals surface area contributed by atoms with Crippen molar-refractivity contribution in [3.8, 4) is 11.1 Å². The summed E-state index contributed by atoms with van der Waals surface area (Å²) in [6, 6.07) is 16.9. The number of rotatable bonds is 8. The summed E-state index contributed by atoms with van der Waals surface area (Å²) in [5, 5.41) is 3.11. The van der Waals surface area contributed by atoms with Crippen molar-refractivity contribution in [1.82, 2.24) is 20.2 Å². The number of carbonyl (C=O) groups is 1. The minimum atomic E-state index is -0.503. The van der Waals surface area contributed by atoms with Crippen LogP contribution in [-0.4, -0.2) is 40.4 Å². The Morgan fingerprint density at radius 1 is 1.18 bits per heavy atom. The van der Waals surface area contributed by atoms with Crippen LogP contribution in [0.15, 0.2) is 79.9 Å². The number of nitrogens with one attached hydrogen (secondary N) is 1. The van der Waals surface area contributed by atoms with Gasteiger partial charge in [0.2, 0.25) is 5.91 Å². The molecule has 1 fully saturated rings. The molecule has 5 heteroatoms. The van der Waals surface area contributed by atoms with Crippen LogP contribution in [0.2, 0.25) is 0 Å². The number of carbonyl (C=O) groups excluding carboxylic acids is 1. The highest BCUT2D eigenvalue weighted by atomic mass is 16.2. The molecule has 1 atom stereocenters. The van der Waals surface area contributed by atoms with Crippen LogP contribution in [0.4, 0.5) is 0 Å². The number of aryl methyl sites for hydroxylation is 1. The number of likely N-dealkylation sites (tertiary alicyclic amines) is 1. The highest BCUT2D eigenvalue weighted by molar-refractivity contribution is 5.84. The summed E-state index contributed by atoms with van der Waals surface area (Å²) in [6.07, 6.45) is 9.48. The minimum Gasteiger partial charge on any atom is -0.352 e. The Kier molecular flexibility index (Phi) is 7.30. The van der Waals surface area contributed by atoms with E-state index < -0.39 is 5.41 Å². The number of hydrogen-bond donors (Lipinski definition) is 1. The molecule has 0 aliphatic carbocycles. The third kappa shape index (κ3) is 5.55. The molecule has 0 saturated carbocycles. The van der Waals surface area contributed by atoms with Crippen molar-refractivity contribution in [3.63, 3.8) is 0 Å². The van der Waals surface area contributed by atoms with E-state index in [4.69, 9.17) is 0 Å². The van der Waals surface area contributed by atoms with Gasteiger partial charge >= 0.3 is 0 Å². The predicted molar refractivity (Wildman–Crippen MR) is 133 cm³/mol. The lowest BCUT2D eigenvalue weighted by Crippen LogP contribution is -2.53. The van der Waals surface area contributed by atoms with Crippen LogP contribution >= 0.6 is 0 Å². The second-order valence-corrected chi connectivity index (χ2v) is 9.04. The van der Waals surface area contributed by atoms with Gasteiger partial charge in [-0.05, 0) is 49.4 Å². The zero-order valence-corrected chi connectivity index (χ0v) is 19.3. The van der Waals surface area contributed by atoms with Crippen LogP contribution in [0.1, 0.15) is 29.5 Å². The fraction of sp³-hybridized carbons (Fsp3) is 0.321. The number of aromatic nitrogens is 2. The van der Waals surface area contributed by atoms with Gasteiger partial charge in [0.15, 0.2) is 0 Å². The first-order valence-corrected chi connectivity index (χ1v) is 11.6. The first-order valence-electron chi connectivity index (χ1n) is 11.6. The Morgan fingerprint density at radius 3 is 2.79 bits per heavy atom. The first-order chi connectivity index (χ1) is 16.1. The van der Waals surface area contributed by atoms with Crippen molar-refractivity contribution in [2.75, 3.05) is 19.6 Å². The molecule has 1 aliphatic rings. The summed E-state index contributed by atoms with van der Waals surface area (Å²) in [4.78, 5) is 24.4. The average Bonchev–Trinajstić information content (AvgIpc) is 2.83. The van der Waals surface area contributed by atoms with Crippen LogP contribution in [0.25, 0.3) is 11.1 Å². The van der Waals surface area contributed by atoms with Gasteiger partial charge in [-0.2, -0.15) is 0 Å². The van der Waals surface area contributed by atoms with E-state index in [0.29, 0.717) is 13.0 Å². The van der Waals surface area contributed by atoms with Crippen LogP contribution in [0.5, 0.6) is 0 Å². The largest absolute Gasteiger partial charge is 0.352 e. The lowest BCUT2D eigenvalue weighted by atomic mass is 9.73. The third-order valence-corrected chi connectivity index (χ3v) is 6.45. The molecule has 0 spiro atoms. The molecule has 0 bridgehead atoms. The zero-order valence-electron chi connectivity index (χ0n) is 19.3. The van der Waals surface area contributed by atoms with Crippen molar-refractivity contribution in [1.29, 1.82) is 0 Å². The van der Waals surface area contributed by atoms with E-state index in [2.05, 4.69) is 70.1 Å². The van der Waals surface area contributed by atoms with Gasteiger partial charge in [0.25, 0.3) is 0 Å². The number of hydrogen-bond acceptors (Lipinski definition) is 4. The molecule has 5 nitrogen and oxygen atoms in total. The van der Waals surface area contributed by atoms with Gasteiger partial charge < -0.3 is 5.32 Å². The molecule has 1 aromatic heterocycles. The van der Waals surface area contributed by atoms with E-state index in [0.717, 1.165) is 49.2 Å². The van der Waals surface area contributed by atoms with Crippen molar-refractivity contribution in [3.05, 3.63) is 96.6 Å². The second-order valence-electron chi connectivity index (χ2n) is 9.04. The van der Waals surface area contributed by atoms with Gasteiger partial charge in [0, 0.05) is 37.6 Å². The van der Waals surface area contributed by atoms with Gasteiger partial charge in [-0.15, -0.1) is 6.58 Å². The molecular weight excluding hydrogens is 408 g/mol. The first kappa shape index (κ1) is 22.9. The molecule has 1 saturated heterocycles. The number of piperidine rings is 1. The zero-order chi connectivity index (χ0) is 23.1. The highest BCUT2D eigenvalue weighted by Crippen LogP contribution is 2.37. The topological polar surface area (TPSA) is 58.1 Å². The van der Waals surface area contributed by atoms with Crippen molar-refractivity contribution < 1.29 is 4.79 Å². The summed E-state index contributed by atoms with van der Waals surface area (Å²) >= 11 is 0. The maximum absolute atomic E-state index is 13.6. The number of amides is 1. The smallest absolute Gasteiger partial charge is 0.228 e. The standard InChI is InChI=1S/C28H32N4O/c1-3-13-31-27(33)28(12-7-14-32(20-28)19-23-9-6-8-22(2)15-23)16-24-10-4-5-11-26(24)25-17-29-21-30-18-25/h3-6,8-11,15,17-18,21H,1,7,12-14,16,19-20H2,2H3,(H,31,33). The van der Waals surface area contributed by atoms with Gasteiger partial charge in [-0.25, -0.2) is 9.97 Å². The fourth-order valence-corrected chi connectivity index (χ4v) is 4.95. The molecule has 0 radical (unpaired) electrons. The van der Waals surface area contributed by atoms with E-state index in [1.165, 1.54) is 11.1 Å². The molecule has 3 aromatic rings. The van der Waals surface area contributed by atoms with Crippen molar-refractivity contribution >= 4 is 5.91 Å². The lowest BCUT2D eigenvalue weighted by Gasteiger charge is -2.42. The highest BCUT2D eigenvalue weighted by Gasteiger charge is 2.42. The average molecular weight is 441 g/mol. The van der Waals surface area contributed by atoms with Crippen molar-refractivity contribution in [2.45, 2.75) is 32.7 Å². The number of benzene rings is 2. The van der Waals surface area contributed by atoms with Gasteiger partial charge in [-0.1, -0.05) is 60.2 Å². The minimum absolute atomic E-state index is 0.107. The van der Waals surface area contributed by atoms with Crippen LogP contribution in [0, 0.1) is 12.3 Å². The van der Waals surface area contributed by atoms with Crippen LogP contribution in [-0.2, 0) is 17.8 Å². The Labute approximate surface area is 196 Å². The molecule has 1 aliphatic heterocycles. The third-order valence-electron chi connectivity index (χ3n) is 6.45. The molecule has 2 heterocycles. The molecule has 2 aromatic carbocycles. The summed E-state index contributed by atoms with van der Waals surface area (Å²) in [6.45, 7) is 8.96. The molecule has 4 rings (SSSR count). The SMILES string of the molecule is C=CCNC(=O)C1(Cc2ccccc2-c2cncnc2)CCCN(Cc2cccc(C)c2)C1. The Bertz CT molecular complexity index is 1100. The van der Waals surface area contributed by atoms with E-state index in [1.54, 1.807) is 12.4 Å². The molecule has 170 valence electrons. The molecule has 1 N–H and O–H groups in total. The second kappa shape index (κ2) is 10.5. The molecule has 33 heavy (non-hydrogen) atoms. The van der Waals surface area contributed by atoms with Crippen molar-refractivity contribution in [2.24, 2.45) is 5.41 Å². The molecular formula is C28H32N4O. The van der Waals surface area contributed by atoms with E-state index in [1.807, 2.05) is 24.5 Å². The van der Waals surface area contributed by atoms with Gasteiger partial charge in [-0.3, -0.25) is 9.69 Å². The monoisotopic (exact) mass is 440 g/mol. The van der Waals surface area contributed by atoms with Crippen LogP contribution < -0.4 is 5.32 Å². The van der Waals surface area contributed by atoms with E-state index in [-0.39, 0.29) is 5.91 Å². The Morgan fingerprint density at radius 2 is 2.00 bits per heavy atom.